The van der Waals surface area contributed by atoms with Crippen molar-refractivity contribution in [2.45, 2.75) is 63.9 Å². The summed E-state index contributed by atoms with van der Waals surface area (Å²) in [7, 11) is 0. The first-order valence-electron chi connectivity index (χ1n) is 7.15. The highest BCUT2D eigenvalue weighted by atomic mass is 16.7. The molecule has 0 aromatic carbocycles. The van der Waals surface area contributed by atoms with Crippen LogP contribution in [0.4, 0.5) is 0 Å². The van der Waals surface area contributed by atoms with E-state index in [-0.39, 0.29) is 30.0 Å². The second-order valence-corrected chi connectivity index (χ2v) is 6.42. The Kier molecular flexibility index (Phi) is 2.98. The summed E-state index contributed by atoms with van der Waals surface area (Å²) in [6.45, 7) is 5.94. The number of aliphatic hydroxyl groups excluding tert-OH is 1. The van der Waals surface area contributed by atoms with Crippen LogP contribution in [0.2, 0.25) is 0 Å². The minimum Gasteiger partial charge on any atom is -0.459 e. The largest absolute Gasteiger partial charge is 0.459 e. The number of aliphatic hydroxyl groups is 1. The smallest absolute Gasteiger partial charge is 0.309 e. The molecule has 2 fully saturated rings. The third-order valence-electron chi connectivity index (χ3n) is 5.10. The number of fused-ring (bicyclic) bond motifs is 3. The standard InChI is InChI=1S/C15H22O4/c1-8-4-6-10-9(2)14(17)18-12(10)13-15(3,19-13)11(16)7-5-8/h5,9-13,16H,4,6-7H2,1-3H3/b8-5+/t9-,10+,11+,12+,13-,15-/m1/s1. The van der Waals surface area contributed by atoms with Gasteiger partial charge < -0.3 is 14.6 Å². The maximum Gasteiger partial charge on any atom is 0.309 e. The van der Waals surface area contributed by atoms with Crippen molar-refractivity contribution in [2.24, 2.45) is 11.8 Å². The molecular weight excluding hydrogens is 244 g/mol. The molecule has 0 aromatic rings. The van der Waals surface area contributed by atoms with Crippen LogP contribution < -0.4 is 0 Å². The van der Waals surface area contributed by atoms with Gasteiger partial charge in [0.2, 0.25) is 0 Å². The Bertz CT molecular complexity index is 430. The molecule has 0 radical (unpaired) electrons. The minimum atomic E-state index is -0.554. The van der Waals surface area contributed by atoms with Crippen molar-refractivity contribution in [3.63, 3.8) is 0 Å². The van der Waals surface area contributed by atoms with Crippen LogP contribution in [0.5, 0.6) is 0 Å². The molecule has 2 saturated heterocycles. The number of rotatable bonds is 0. The van der Waals surface area contributed by atoms with Crippen LogP contribution in [0, 0.1) is 11.8 Å². The zero-order valence-electron chi connectivity index (χ0n) is 11.8. The molecule has 0 spiro atoms. The van der Waals surface area contributed by atoms with Crippen LogP contribution in [-0.2, 0) is 14.3 Å². The first-order valence-corrected chi connectivity index (χ1v) is 7.15. The van der Waals surface area contributed by atoms with Gasteiger partial charge in [-0.3, -0.25) is 4.79 Å². The number of carbonyl (C=O) groups excluding carboxylic acids is 1. The second-order valence-electron chi connectivity index (χ2n) is 6.42. The molecule has 1 N–H and O–H groups in total. The monoisotopic (exact) mass is 266 g/mol. The molecule has 2 aliphatic heterocycles. The summed E-state index contributed by atoms with van der Waals surface area (Å²) in [5.74, 6) is 0.0130. The SMILES string of the molecule is C/C1=C\C[C@H](O)[C@@]2(C)O[C@@H]2[C@H]2OC(=O)[C@H](C)[C@@H]2CC1. The summed E-state index contributed by atoms with van der Waals surface area (Å²) in [5.41, 5.74) is 0.716. The van der Waals surface area contributed by atoms with Crippen LogP contribution in [0.3, 0.4) is 0 Å². The van der Waals surface area contributed by atoms with Crippen LogP contribution in [0.25, 0.3) is 0 Å². The molecule has 6 atom stereocenters. The quantitative estimate of drug-likeness (QED) is 0.413. The highest BCUT2D eigenvalue weighted by molar-refractivity contribution is 5.75. The predicted molar refractivity (Wildman–Crippen MR) is 69.4 cm³/mol. The van der Waals surface area contributed by atoms with E-state index in [0.29, 0.717) is 6.42 Å². The Hall–Kier alpha value is -0.870. The molecule has 4 nitrogen and oxygen atoms in total. The summed E-state index contributed by atoms with van der Waals surface area (Å²) in [6, 6.07) is 0. The van der Waals surface area contributed by atoms with E-state index < -0.39 is 11.7 Å². The van der Waals surface area contributed by atoms with E-state index in [1.165, 1.54) is 5.57 Å². The van der Waals surface area contributed by atoms with Crippen molar-refractivity contribution >= 4 is 5.97 Å². The summed E-state index contributed by atoms with van der Waals surface area (Å²) in [5, 5.41) is 10.3. The van der Waals surface area contributed by atoms with Crippen molar-refractivity contribution in [2.75, 3.05) is 0 Å². The molecule has 0 aromatic heterocycles. The van der Waals surface area contributed by atoms with Crippen LogP contribution in [0.1, 0.15) is 40.0 Å². The van der Waals surface area contributed by atoms with Crippen molar-refractivity contribution in [1.82, 2.24) is 0 Å². The number of epoxide rings is 1. The third-order valence-corrected chi connectivity index (χ3v) is 5.10. The van der Waals surface area contributed by atoms with E-state index in [0.717, 1.165) is 12.8 Å². The van der Waals surface area contributed by atoms with Gasteiger partial charge in [-0.25, -0.2) is 0 Å². The van der Waals surface area contributed by atoms with E-state index in [4.69, 9.17) is 9.47 Å². The van der Waals surface area contributed by atoms with E-state index in [9.17, 15) is 9.90 Å². The normalized spacial score (nSPS) is 52.5. The van der Waals surface area contributed by atoms with Gasteiger partial charge in [0.1, 0.15) is 17.8 Å². The summed E-state index contributed by atoms with van der Waals surface area (Å²) < 4.78 is 11.3. The average Bonchev–Trinajstić information content (AvgIpc) is 2.98. The number of hydrogen-bond donors (Lipinski definition) is 1. The van der Waals surface area contributed by atoms with Crippen molar-refractivity contribution < 1.29 is 19.4 Å². The molecule has 2 heterocycles. The lowest BCUT2D eigenvalue weighted by Crippen LogP contribution is -2.36. The molecule has 19 heavy (non-hydrogen) atoms. The minimum absolute atomic E-state index is 0.0668. The fourth-order valence-corrected chi connectivity index (χ4v) is 3.43. The molecule has 0 amide bonds. The zero-order chi connectivity index (χ0) is 13.8. The number of hydrogen-bond acceptors (Lipinski definition) is 4. The van der Waals surface area contributed by atoms with Gasteiger partial charge in [0.15, 0.2) is 0 Å². The van der Waals surface area contributed by atoms with Gasteiger partial charge in [0, 0.05) is 5.92 Å². The van der Waals surface area contributed by atoms with Gasteiger partial charge in [-0.05, 0) is 33.1 Å². The highest BCUT2D eigenvalue weighted by Gasteiger charge is 2.65. The van der Waals surface area contributed by atoms with Crippen LogP contribution in [0.15, 0.2) is 11.6 Å². The van der Waals surface area contributed by atoms with Gasteiger partial charge in [-0.15, -0.1) is 0 Å². The van der Waals surface area contributed by atoms with Crippen molar-refractivity contribution in [1.29, 1.82) is 0 Å². The third kappa shape index (κ3) is 2.01. The molecule has 3 aliphatic rings. The molecule has 106 valence electrons. The van der Waals surface area contributed by atoms with Gasteiger partial charge in [0.25, 0.3) is 0 Å². The second kappa shape index (κ2) is 4.32. The van der Waals surface area contributed by atoms with Crippen molar-refractivity contribution in [3.8, 4) is 0 Å². The maximum absolute atomic E-state index is 11.8. The Morgan fingerprint density at radius 2 is 2.21 bits per heavy atom. The van der Waals surface area contributed by atoms with Crippen LogP contribution >= 0.6 is 0 Å². The van der Waals surface area contributed by atoms with E-state index in [1.807, 2.05) is 13.8 Å². The van der Waals surface area contributed by atoms with Crippen LogP contribution in [-0.4, -0.2) is 35.0 Å². The molecule has 4 heteroatoms. The molecule has 0 saturated carbocycles. The molecule has 0 unspecified atom stereocenters. The summed E-state index contributed by atoms with van der Waals surface area (Å²) >= 11 is 0. The lowest BCUT2D eigenvalue weighted by atomic mass is 9.81. The highest BCUT2D eigenvalue weighted by Crippen LogP contribution is 2.50. The van der Waals surface area contributed by atoms with E-state index in [2.05, 4.69) is 13.0 Å². The van der Waals surface area contributed by atoms with Gasteiger partial charge in [-0.1, -0.05) is 18.6 Å². The van der Waals surface area contributed by atoms with Gasteiger partial charge in [-0.2, -0.15) is 0 Å². The first kappa shape index (κ1) is 13.1. The summed E-state index contributed by atoms with van der Waals surface area (Å²) in [6.07, 6.45) is 3.75. The molecule has 3 rings (SSSR count). The lowest BCUT2D eigenvalue weighted by molar-refractivity contribution is -0.144. The van der Waals surface area contributed by atoms with Crippen molar-refractivity contribution in [3.05, 3.63) is 11.6 Å². The number of ether oxygens (including phenoxy) is 2. The van der Waals surface area contributed by atoms with Gasteiger partial charge in [0.05, 0.1) is 12.0 Å². The molecule has 0 bridgehead atoms. The predicted octanol–water partition coefficient (Wildman–Crippen LogP) is 1.81. The molecule has 1 aliphatic carbocycles. The fraction of sp³-hybridized carbons (Fsp3) is 0.800. The van der Waals surface area contributed by atoms with E-state index in [1.54, 1.807) is 0 Å². The summed E-state index contributed by atoms with van der Waals surface area (Å²) in [4.78, 5) is 11.8. The Labute approximate surface area is 113 Å². The Morgan fingerprint density at radius 3 is 2.95 bits per heavy atom. The first-order chi connectivity index (χ1) is 8.93. The number of carbonyl (C=O) groups is 1. The number of esters is 1. The zero-order valence-corrected chi connectivity index (χ0v) is 11.8. The Morgan fingerprint density at radius 1 is 1.47 bits per heavy atom. The maximum atomic E-state index is 11.8. The van der Waals surface area contributed by atoms with Gasteiger partial charge >= 0.3 is 5.97 Å². The van der Waals surface area contributed by atoms with E-state index >= 15 is 0 Å². The number of allylic oxidation sites excluding steroid dienone is 1. The Balaban J connectivity index is 1.89. The average molecular weight is 266 g/mol. The lowest BCUT2D eigenvalue weighted by Gasteiger charge is -2.22. The fourth-order valence-electron chi connectivity index (χ4n) is 3.43. The molecular formula is C15H22O4. The topological polar surface area (TPSA) is 59.1 Å².